The third-order valence-electron chi connectivity index (χ3n) is 10.1. The zero-order valence-corrected chi connectivity index (χ0v) is 33.1. The quantitative estimate of drug-likeness (QED) is 0.162. The zero-order valence-electron chi connectivity index (χ0n) is 42.8. The van der Waals surface area contributed by atoms with Gasteiger partial charge >= 0.3 is 0 Å². The first-order valence-electron chi connectivity index (χ1n) is 24.4. The summed E-state index contributed by atoms with van der Waals surface area (Å²) in [7, 11) is 0. The van der Waals surface area contributed by atoms with Gasteiger partial charge in [0.2, 0.25) is 0 Å². The Morgan fingerprint density at radius 1 is 0.586 bits per heavy atom. The molecule has 0 unspecified atom stereocenters. The molecule has 0 radical (unpaired) electrons. The molecule has 0 aliphatic carbocycles. The monoisotopic (exact) mass is 943 g/mol. The van der Waals surface area contributed by atoms with Gasteiger partial charge < -0.3 is 5.11 Å². The molecular weight excluding hydrogens is 890 g/mol. The SMILES string of the molecule is [2H]C([2H])([2H])c1cc(-c2ccccc2)cc(-n2c(-c3ccccc3O)nc3c(-c4[c-]c(-c5cc(-c6ccc(C(C([2H])([2H])[2H])(C([2H])([2H])[2H])C([2H])([2H])[2H])cc6)ccn5)cc(-c5ccccc5)c4)cccc32)c1.[Pt]. The maximum Gasteiger partial charge on any atom is 0.148 e. The second-order valence-electron chi connectivity index (χ2n) is 13.9. The molecule has 0 amide bonds. The molecule has 1 N–H and O–H groups in total. The molecule has 7 aromatic carbocycles. The first kappa shape index (κ1) is 26.5. The van der Waals surface area contributed by atoms with Gasteiger partial charge in [-0.25, -0.2) is 4.98 Å². The van der Waals surface area contributed by atoms with Crippen LogP contribution in [0.15, 0.2) is 176 Å². The molecule has 2 heterocycles. The Bertz CT molecular complexity index is 3310. The summed E-state index contributed by atoms with van der Waals surface area (Å²) in [6, 6.07) is 53.7. The number of benzene rings is 7. The molecule has 0 aliphatic rings. The minimum Gasteiger partial charge on any atom is -0.507 e. The molecule has 0 saturated carbocycles. The first-order chi connectivity index (χ1) is 32.7. The molecule has 286 valence electrons. The van der Waals surface area contributed by atoms with Gasteiger partial charge in [0.05, 0.1) is 16.6 Å². The maximum absolute atomic E-state index is 11.3. The predicted octanol–water partition coefficient (Wildman–Crippen LogP) is 13.5. The van der Waals surface area contributed by atoms with Crippen LogP contribution in [-0.4, -0.2) is 19.6 Å². The normalized spacial score (nSPS) is 15.3. The van der Waals surface area contributed by atoms with Crippen molar-refractivity contribution in [1.29, 1.82) is 0 Å². The summed E-state index contributed by atoms with van der Waals surface area (Å²) in [6.45, 7) is -12.6. The number of imidazole rings is 1. The van der Waals surface area contributed by atoms with Crippen LogP contribution in [0.25, 0.3) is 83.9 Å². The number of pyridine rings is 1. The van der Waals surface area contributed by atoms with Gasteiger partial charge in [0, 0.05) is 55.1 Å². The van der Waals surface area contributed by atoms with Crippen LogP contribution in [0.1, 0.15) is 48.1 Å². The number of hydrogen-bond donors (Lipinski definition) is 1. The molecule has 0 spiro atoms. The van der Waals surface area contributed by atoms with E-state index in [4.69, 9.17) is 26.4 Å². The van der Waals surface area contributed by atoms with Crippen molar-refractivity contribution >= 4 is 11.0 Å². The largest absolute Gasteiger partial charge is 0.507 e. The fraction of sp³-hybridized carbons (Fsp3) is 0.0943. The Kier molecular flexibility index (Phi) is 7.27. The fourth-order valence-electron chi connectivity index (χ4n) is 7.28. The summed E-state index contributed by atoms with van der Waals surface area (Å²) in [5.74, 6) is 0.364. The number of aromatic nitrogens is 3. The summed E-state index contributed by atoms with van der Waals surface area (Å²) in [6.07, 6.45) is 1.61. The van der Waals surface area contributed by atoms with Crippen molar-refractivity contribution in [2.75, 3.05) is 0 Å². The van der Waals surface area contributed by atoms with E-state index >= 15 is 0 Å². The van der Waals surface area contributed by atoms with E-state index in [0.717, 1.165) is 16.7 Å². The smallest absolute Gasteiger partial charge is 0.148 e. The van der Waals surface area contributed by atoms with Crippen molar-refractivity contribution < 1.29 is 42.6 Å². The van der Waals surface area contributed by atoms with E-state index in [1.807, 2.05) is 108 Å². The van der Waals surface area contributed by atoms with Crippen molar-refractivity contribution in [3.63, 3.8) is 0 Å². The number of aromatic hydroxyl groups is 1. The summed E-state index contributed by atoms with van der Waals surface area (Å²) in [5, 5.41) is 11.3. The van der Waals surface area contributed by atoms with Crippen molar-refractivity contribution in [3.8, 4) is 78.6 Å². The van der Waals surface area contributed by atoms with Gasteiger partial charge in [-0.05, 0) is 87.6 Å². The van der Waals surface area contributed by atoms with Crippen LogP contribution in [0, 0.1) is 12.9 Å². The molecule has 58 heavy (non-hydrogen) atoms. The van der Waals surface area contributed by atoms with Crippen LogP contribution in [0.3, 0.4) is 0 Å². The Morgan fingerprint density at radius 2 is 1.24 bits per heavy atom. The van der Waals surface area contributed by atoms with Gasteiger partial charge in [-0.2, -0.15) is 0 Å². The van der Waals surface area contributed by atoms with Gasteiger partial charge in [0.25, 0.3) is 0 Å². The van der Waals surface area contributed by atoms with Crippen molar-refractivity contribution in [2.45, 2.75) is 32.8 Å². The minimum absolute atomic E-state index is 0. The Hall–Kier alpha value is -6.35. The second kappa shape index (κ2) is 15.9. The number of fused-ring (bicyclic) bond motifs is 1. The first-order valence-corrected chi connectivity index (χ1v) is 18.4. The van der Waals surface area contributed by atoms with E-state index in [1.165, 1.54) is 24.3 Å². The van der Waals surface area contributed by atoms with E-state index in [1.54, 1.807) is 48.7 Å². The zero-order chi connectivity index (χ0) is 49.1. The number of phenols is 1. The predicted molar refractivity (Wildman–Crippen MR) is 235 cm³/mol. The Balaban J connectivity index is 0.00000659. The van der Waals surface area contributed by atoms with Crippen LogP contribution in [0.4, 0.5) is 0 Å². The minimum atomic E-state index is -3.39. The average molecular weight is 944 g/mol. The molecule has 0 atom stereocenters. The standard InChI is InChI=1S/C53H42N3O.Pt/c1-35-28-40(36-14-7-5-8-15-36)33-45(29-35)56-49-20-13-19-46(51(49)55-52(56)47-18-11-12-21-50(47)57)42-30-41(37-16-9-6-10-17-37)31-43(32-42)48-34-39(26-27-54-48)38-22-24-44(25-23-38)53(2,3)4;/h5-31,33-34,57H,1-4H3;/q-1;/i1D3,2D3,3D3,4D3;. The van der Waals surface area contributed by atoms with Crippen molar-refractivity contribution in [1.82, 2.24) is 14.5 Å². The summed E-state index contributed by atoms with van der Waals surface area (Å²) >= 11 is 0. The molecule has 9 aromatic rings. The van der Waals surface area contributed by atoms with Gasteiger partial charge in [-0.15, -0.1) is 23.8 Å². The number of para-hydroxylation sites is 2. The van der Waals surface area contributed by atoms with Crippen molar-refractivity contribution in [3.05, 3.63) is 193 Å². The van der Waals surface area contributed by atoms with Crippen LogP contribution in [0.2, 0.25) is 0 Å². The third-order valence-corrected chi connectivity index (χ3v) is 10.1. The van der Waals surface area contributed by atoms with Gasteiger partial charge in [-0.1, -0.05) is 159 Å². The molecule has 5 heteroatoms. The number of hydrogen-bond acceptors (Lipinski definition) is 3. The van der Waals surface area contributed by atoms with Gasteiger partial charge in [0.1, 0.15) is 11.6 Å². The van der Waals surface area contributed by atoms with Crippen LogP contribution >= 0.6 is 0 Å². The summed E-state index contributed by atoms with van der Waals surface area (Å²) < 4.78 is 101. The molecule has 4 nitrogen and oxygen atoms in total. The van der Waals surface area contributed by atoms with Gasteiger partial charge in [0.15, 0.2) is 0 Å². The maximum atomic E-state index is 11.3. The topological polar surface area (TPSA) is 50.9 Å². The molecule has 9 rings (SSSR count). The van der Waals surface area contributed by atoms with E-state index < -0.39 is 32.8 Å². The van der Waals surface area contributed by atoms with Crippen LogP contribution in [-0.2, 0) is 26.5 Å². The number of rotatable bonds is 7. The van der Waals surface area contributed by atoms with Crippen molar-refractivity contribution in [2.24, 2.45) is 0 Å². The number of aryl methyl sites for hydroxylation is 1. The fourth-order valence-corrected chi connectivity index (χ4v) is 7.28. The number of nitrogens with zero attached hydrogens (tertiary/aromatic N) is 3. The summed E-state index contributed by atoms with van der Waals surface area (Å²) in [5.41, 5.74) is 5.69. The van der Waals surface area contributed by atoms with E-state index in [9.17, 15) is 5.11 Å². The molecule has 0 saturated heterocycles. The molecule has 0 fully saturated rings. The Morgan fingerprint density at radius 3 is 1.95 bits per heavy atom. The van der Waals surface area contributed by atoms with E-state index in [-0.39, 0.29) is 37.9 Å². The Labute approximate surface area is 371 Å². The molecule has 2 aromatic heterocycles. The third kappa shape index (κ3) is 7.56. The number of phenolic OH excluding ortho intramolecular Hbond substituents is 1. The molecule has 0 aliphatic heterocycles. The van der Waals surface area contributed by atoms with E-state index in [0.29, 0.717) is 67.2 Å². The van der Waals surface area contributed by atoms with Crippen LogP contribution in [0.5, 0.6) is 5.75 Å². The second-order valence-corrected chi connectivity index (χ2v) is 13.9. The van der Waals surface area contributed by atoms with E-state index in [2.05, 4.69) is 6.07 Å². The average Bonchev–Trinajstić information content (AvgIpc) is 3.70. The molecular formula is C53H42N3OPt-. The van der Waals surface area contributed by atoms with Gasteiger partial charge in [-0.3, -0.25) is 9.55 Å². The molecule has 0 bridgehead atoms. The summed E-state index contributed by atoms with van der Waals surface area (Å²) in [4.78, 5) is 9.98. The van der Waals surface area contributed by atoms with Crippen LogP contribution < -0.4 is 0 Å².